The van der Waals surface area contributed by atoms with Crippen LogP contribution in [0.2, 0.25) is 0 Å². The number of nitro benzene ring substituents is 2. The minimum absolute atomic E-state index is 0.305. The molecule has 10 nitrogen and oxygen atoms in total. The van der Waals surface area contributed by atoms with Crippen LogP contribution in [0.5, 0.6) is 11.5 Å². The van der Waals surface area contributed by atoms with E-state index in [1.54, 1.807) is 0 Å². The Kier molecular flexibility index (Phi) is 3.04. The van der Waals surface area contributed by atoms with E-state index >= 15 is 0 Å². The van der Waals surface area contributed by atoms with Crippen molar-refractivity contribution in [3.8, 4) is 11.5 Å². The molecule has 2 N–H and O–H groups in total. The molecule has 24 heavy (non-hydrogen) atoms. The first kappa shape index (κ1) is 15.1. The summed E-state index contributed by atoms with van der Waals surface area (Å²) in [4.78, 5) is 45.3. The number of fused-ring (bicyclic) bond motifs is 2. The normalized spacial score (nSPS) is 12.5. The van der Waals surface area contributed by atoms with Gasteiger partial charge in [-0.1, -0.05) is 6.07 Å². The molecule has 2 aromatic carbocycles. The molecule has 120 valence electrons. The van der Waals surface area contributed by atoms with Crippen LogP contribution in [0.25, 0.3) is 0 Å². The van der Waals surface area contributed by atoms with Crippen molar-refractivity contribution in [3.63, 3.8) is 0 Å². The largest absolute Gasteiger partial charge is 0.504 e. The maximum atomic E-state index is 12.6. The molecule has 0 amide bonds. The van der Waals surface area contributed by atoms with E-state index in [0.717, 1.165) is 12.1 Å². The van der Waals surface area contributed by atoms with E-state index in [9.17, 15) is 40.0 Å². The van der Waals surface area contributed by atoms with Crippen LogP contribution in [0.4, 0.5) is 11.4 Å². The van der Waals surface area contributed by atoms with Gasteiger partial charge in [0.25, 0.3) is 5.69 Å². The van der Waals surface area contributed by atoms with Gasteiger partial charge in [0.1, 0.15) is 11.1 Å². The average molecular weight is 330 g/mol. The van der Waals surface area contributed by atoms with Crippen molar-refractivity contribution in [1.29, 1.82) is 0 Å². The smallest absolute Gasteiger partial charge is 0.326 e. The number of carbonyl (C=O) groups excluding carboxylic acids is 2. The van der Waals surface area contributed by atoms with Crippen LogP contribution < -0.4 is 0 Å². The van der Waals surface area contributed by atoms with E-state index in [-0.39, 0.29) is 5.56 Å². The number of hydrogen-bond donors (Lipinski definition) is 2. The predicted molar refractivity (Wildman–Crippen MR) is 76.4 cm³/mol. The molecular weight excluding hydrogens is 324 g/mol. The van der Waals surface area contributed by atoms with Crippen LogP contribution in [0.1, 0.15) is 31.8 Å². The third-order valence-electron chi connectivity index (χ3n) is 3.62. The van der Waals surface area contributed by atoms with Gasteiger partial charge < -0.3 is 10.2 Å². The minimum atomic E-state index is -1.19. The molecule has 2 aromatic rings. The van der Waals surface area contributed by atoms with Gasteiger partial charge in [-0.15, -0.1) is 0 Å². The summed E-state index contributed by atoms with van der Waals surface area (Å²) in [6.07, 6.45) is 0. The van der Waals surface area contributed by atoms with Crippen molar-refractivity contribution in [3.05, 3.63) is 66.7 Å². The van der Waals surface area contributed by atoms with Crippen LogP contribution in [-0.4, -0.2) is 31.6 Å². The van der Waals surface area contributed by atoms with Gasteiger partial charge in [0.05, 0.1) is 9.85 Å². The van der Waals surface area contributed by atoms with Gasteiger partial charge >= 0.3 is 5.69 Å². The number of benzene rings is 2. The molecule has 3 rings (SSSR count). The highest BCUT2D eigenvalue weighted by molar-refractivity contribution is 6.31. The molecule has 0 atom stereocenters. The van der Waals surface area contributed by atoms with Gasteiger partial charge in [0.2, 0.25) is 11.5 Å². The number of aromatic hydroxyl groups is 2. The summed E-state index contributed by atoms with van der Waals surface area (Å²) in [5.74, 6) is -4.19. The van der Waals surface area contributed by atoms with Gasteiger partial charge in [0.15, 0.2) is 11.5 Å². The van der Waals surface area contributed by atoms with Crippen LogP contribution in [0.15, 0.2) is 24.3 Å². The third-order valence-corrected chi connectivity index (χ3v) is 3.62. The number of nitro groups is 2. The Balaban J connectivity index is 2.46. The van der Waals surface area contributed by atoms with Gasteiger partial charge in [-0.3, -0.25) is 29.8 Å². The zero-order valence-corrected chi connectivity index (χ0v) is 11.5. The molecule has 0 spiro atoms. The highest BCUT2D eigenvalue weighted by Gasteiger charge is 2.42. The summed E-state index contributed by atoms with van der Waals surface area (Å²) in [7, 11) is 0. The van der Waals surface area contributed by atoms with Crippen molar-refractivity contribution >= 4 is 22.9 Å². The molecular formula is C14H6N2O8. The summed E-state index contributed by atoms with van der Waals surface area (Å²) >= 11 is 0. The number of carbonyl (C=O) groups is 2. The summed E-state index contributed by atoms with van der Waals surface area (Å²) < 4.78 is 0. The molecule has 0 unspecified atom stereocenters. The maximum Gasteiger partial charge on any atom is 0.326 e. The van der Waals surface area contributed by atoms with E-state index in [2.05, 4.69) is 0 Å². The first-order chi connectivity index (χ1) is 11.3. The number of rotatable bonds is 2. The van der Waals surface area contributed by atoms with E-state index in [1.807, 2.05) is 0 Å². The molecule has 10 heteroatoms. The number of nitrogens with zero attached hydrogens (tertiary/aromatic N) is 2. The Morgan fingerprint density at radius 2 is 1.54 bits per heavy atom. The van der Waals surface area contributed by atoms with Crippen LogP contribution in [0, 0.1) is 20.2 Å². The lowest BCUT2D eigenvalue weighted by molar-refractivity contribution is -0.386. The monoisotopic (exact) mass is 330 g/mol. The second-order valence-electron chi connectivity index (χ2n) is 4.89. The first-order valence-corrected chi connectivity index (χ1v) is 6.35. The van der Waals surface area contributed by atoms with E-state index in [1.165, 1.54) is 12.1 Å². The van der Waals surface area contributed by atoms with Gasteiger partial charge in [-0.2, -0.15) is 0 Å². The Labute approximate surface area is 131 Å². The number of phenolic OH excluding ortho intramolecular Hbond substituents is 2. The minimum Gasteiger partial charge on any atom is -0.504 e. The molecule has 1 aliphatic carbocycles. The molecule has 0 saturated heterocycles. The van der Waals surface area contributed by atoms with Gasteiger partial charge in [-0.05, 0) is 12.1 Å². The fourth-order valence-corrected chi connectivity index (χ4v) is 2.62. The number of hydrogen-bond acceptors (Lipinski definition) is 8. The third kappa shape index (κ3) is 1.83. The molecule has 0 aliphatic heterocycles. The summed E-state index contributed by atoms with van der Waals surface area (Å²) in [5, 5.41) is 41.5. The lowest BCUT2D eigenvalue weighted by Crippen LogP contribution is -2.23. The summed E-state index contributed by atoms with van der Waals surface area (Å²) in [5.41, 5.74) is -4.04. The number of ketones is 2. The molecule has 0 aromatic heterocycles. The van der Waals surface area contributed by atoms with Gasteiger partial charge in [0, 0.05) is 17.2 Å². The Morgan fingerprint density at radius 3 is 2.12 bits per heavy atom. The highest BCUT2D eigenvalue weighted by atomic mass is 16.6. The van der Waals surface area contributed by atoms with E-state index < -0.39 is 61.0 Å². The average Bonchev–Trinajstić information content (AvgIpc) is 2.53. The molecule has 0 heterocycles. The number of phenols is 2. The molecule has 0 bridgehead atoms. The van der Waals surface area contributed by atoms with Crippen molar-refractivity contribution in [2.45, 2.75) is 0 Å². The SMILES string of the molecule is O=C1c2cccc([N+](=O)[O-])c2C(=O)c2c1cc(O)c(O)c2[N+](=O)[O-]. The maximum absolute atomic E-state index is 12.6. The van der Waals surface area contributed by atoms with Crippen molar-refractivity contribution in [2.24, 2.45) is 0 Å². The second kappa shape index (κ2) is 4.84. The first-order valence-electron chi connectivity index (χ1n) is 6.35. The highest BCUT2D eigenvalue weighted by Crippen LogP contribution is 2.45. The molecule has 0 saturated carbocycles. The van der Waals surface area contributed by atoms with Crippen molar-refractivity contribution in [2.75, 3.05) is 0 Å². The topological polar surface area (TPSA) is 161 Å². The zero-order valence-electron chi connectivity index (χ0n) is 11.5. The summed E-state index contributed by atoms with van der Waals surface area (Å²) in [6, 6.07) is 4.07. The molecule has 0 radical (unpaired) electrons. The van der Waals surface area contributed by atoms with Crippen LogP contribution in [-0.2, 0) is 0 Å². The lowest BCUT2D eigenvalue weighted by Gasteiger charge is -2.18. The summed E-state index contributed by atoms with van der Waals surface area (Å²) in [6.45, 7) is 0. The van der Waals surface area contributed by atoms with E-state index in [0.29, 0.717) is 0 Å². The van der Waals surface area contributed by atoms with E-state index in [4.69, 9.17) is 0 Å². The Morgan fingerprint density at radius 1 is 0.875 bits per heavy atom. The Bertz CT molecular complexity index is 979. The second-order valence-corrected chi connectivity index (χ2v) is 4.89. The standard InChI is InChI=1S/C14H6N2O8/c17-8-4-6-10(11(13(8)19)16(23)24)14(20)9-5(12(6)18)2-1-3-7(9)15(21)22/h1-4,17,19H. The lowest BCUT2D eigenvalue weighted by atomic mass is 9.82. The quantitative estimate of drug-likeness (QED) is 0.407. The van der Waals surface area contributed by atoms with Crippen LogP contribution >= 0.6 is 0 Å². The van der Waals surface area contributed by atoms with Crippen molar-refractivity contribution in [1.82, 2.24) is 0 Å². The van der Waals surface area contributed by atoms with Gasteiger partial charge in [-0.25, -0.2) is 0 Å². The zero-order chi connectivity index (χ0) is 17.8. The predicted octanol–water partition coefficient (Wildman–Crippen LogP) is 1.69. The fourth-order valence-electron chi connectivity index (χ4n) is 2.62. The van der Waals surface area contributed by atoms with Crippen LogP contribution in [0.3, 0.4) is 0 Å². The Hall–Kier alpha value is -3.82. The van der Waals surface area contributed by atoms with Crippen molar-refractivity contribution < 1.29 is 29.6 Å². The molecule has 1 aliphatic rings. The fraction of sp³-hybridized carbons (Fsp3) is 0. The molecule has 0 fully saturated rings.